The van der Waals surface area contributed by atoms with Gasteiger partial charge in [0, 0.05) is 24.7 Å². The number of hydrogen-bond donors (Lipinski definition) is 2. The van der Waals surface area contributed by atoms with Crippen LogP contribution in [0.4, 0.5) is 4.39 Å². The van der Waals surface area contributed by atoms with Crippen LogP contribution < -0.4 is 24.8 Å². The van der Waals surface area contributed by atoms with Crippen LogP contribution in [-0.2, 0) is 11.3 Å². The summed E-state index contributed by atoms with van der Waals surface area (Å²) in [6.07, 6.45) is 4.85. The number of nitrogens with zero attached hydrogens (tertiary/aromatic N) is 1. The molecule has 0 spiro atoms. The molecule has 1 atom stereocenters. The topological polar surface area (TPSA) is 81.7 Å². The minimum atomic E-state index is -0.132. The quantitative estimate of drug-likeness (QED) is 0.512. The van der Waals surface area contributed by atoms with Crippen LogP contribution in [0.15, 0.2) is 66.9 Å². The maximum absolute atomic E-state index is 12.3. The lowest BCUT2D eigenvalue weighted by molar-refractivity contribution is -0.109. The van der Waals surface area contributed by atoms with E-state index in [9.17, 15) is 9.18 Å². The highest BCUT2D eigenvalue weighted by Crippen LogP contribution is 2.35. The fraction of sp³-hybridized carbons (Fsp3) is 0.333. The van der Waals surface area contributed by atoms with Gasteiger partial charge in [0.2, 0.25) is 13.2 Å². The normalized spacial score (nSPS) is 15.5. The number of rotatable bonds is 6. The highest BCUT2D eigenvalue weighted by atomic mass is 19.1. The van der Waals surface area contributed by atoms with E-state index in [4.69, 9.17) is 14.2 Å². The van der Waals surface area contributed by atoms with E-state index in [-0.39, 0.29) is 5.82 Å². The van der Waals surface area contributed by atoms with Crippen LogP contribution in [0.5, 0.6) is 17.2 Å². The van der Waals surface area contributed by atoms with Gasteiger partial charge in [-0.25, -0.2) is 4.39 Å². The van der Waals surface area contributed by atoms with E-state index in [1.54, 1.807) is 25.3 Å². The highest BCUT2D eigenvalue weighted by Gasteiger charge is 2.16. The van der Waals surface area contributed by atoms with Crippen LogP contribution in [0, 0.1) is 18.7 Å². The predicted octanol–water partition coefficient (Wildman–Crippen LogP) is 4.26. The van der Waals surface area contributed by atoms with E-state index in [1.165, 1.54) is 18.9 Å². The number of benzene rings is 2. The number of halogens is 1. The third-order valence-corrected chi connectivity index (χ3v) is 5.40. The van der Waals surface area contributed by atoms with Gasteiger partial charge in [-0.05, 0) is 62.2 Å². The first-order chi connectivity index (χ1) is 17.2. The second-order valence-electron chi connectivity index (χ2n) is 8.11. The molecule has 2 aliphatic heterocycles. The molecule has 3 heterocycles. The summed E-state index contributed by atoms with van der Waals surface area (Å²) in [5, 5.41) is 5.91. The first kappa shape index (κ1) is 26.0. The van der Waals surface area contributed by atoms with Gasteiger partial charge in [-0.2, -0.15) is 0 Å². The Balaban J connectivity index is 0.000000162. The maximum Gasteiger partial charge on any atom is 0.231 e. The van der Waals surface area contributed by atoms with Crippen LogP contribution >= 0.6 is 0 Å². The number of amides is 1. The van der Waals surface area contributed by atoms with Crippen molar-refractivity contribution in [2.24, 2.45) is 5.92 Å². The summed E-state index contributed by atoms with van der Waals surface area (Å²) < 4.78 is 28.7. The Morgan fingerprint density at radius 2 is 1.97 bits per heavy atom. The molecule has 0 bridgehead atoms. The van der Waals surface area contributed by atoms with Crippen LogP contribution in [-0.4, -0.2) is 37.9 Å². The molecule has 0 aliphatic carbocycles. The molecule has 2 aromatic carbocycles. The van der Waals surface area contributed by atoms with E-state index in [0.717, 1.165) is 42.6 Å². The van der Waals surface area contributed by atoms with E-state index in [1.807, 2.05) is 42.5 Å². The molecule has 1 amide bonds. The van der Waals surface area contributed by atoms with Gasteiger partial charge in [-0.1, -0.05) is 24.3 Å². The summed E-state index contributed by atoms with van der Waals surface area (Å²) in [6, 6.07) is 18.0. The van der Waals surface area contributed by atoms with Gasteiger partial charge in [0.05, 0.1) is 18.8 Å². The van der Waals surface area contributed by atoms with Crippen LogP contribution in [0.2, 0.25) is 0 Å². The molecule has 35 heavy (non-hydrogen) atoms. The molecule has 7 nitrogen and oxygen atoms in total. The summed E-state index contributed by atoms with van der Waals surface area (Å²) >= 11 is 0. The standard InChI is InChI=1S/C13H17NO3.C7H7F.C7H8N2O/c1-2-10(7-14-5-1)8-15-11-3-4-12-13(6-11)17-9-16-12;1-6-4-2-3-5-7(6)8;10-6-8-5-7-3-1-2-4-9-7/h3-4,6,10,14H,1-2,5,7-9H2;2-5H,1H3;1-4,6H,5H2,(H,8,10). The Morgan fingerprint density at radius 1 is 1.14 bits per heavy atom. The number of hydrogen-bond acceptors (Lipinski definition) is 6. The summed E-state index contributed by atoms with van der Waals surface area (Å²) in [6.45, 7) is 5.53. The SMILES string of the molecule is Cc1ccccc1F.O=CNCc1ccccn1.c1cc2c(cc1OCC1CCCNC1)OCO2. The summed E-state index contributed by atoms with van der Waals surface area (Å²) in [5.74, 6) is 2.93. The number of carbonyl (C=O) groups is 1. The van der Waals surface area contributed by atoms with Crippen LogP contribution in [0.25, 0.3) is 0 Å². The molecule has 2 N–H and O–H groups in total. The van der Waals surface area contributed by atoms with Crippen molar-refractivity contribution in [2.45, 2.75) is 26.3 Å². The van der Waals surface area contributed by atoms with Crippen molar-refractivity contribution in [1.29, 1.82) is 0 Å². The van der Waals surface area contributed by atoms with Crippen molar-refractivity contribution >= 4 is 6.41 Å². The first-order valence-corrected chi connectivity index (χ1v) is 11.7. The fourth-order valence-electron chi connectivity index (χ4n) is 3.45. The Morgan fingerprint density at radius 3 is 2.66 bits per heavy atom. The summed E-state index contributed by atoms with van der Waals surface area (Å²) in [5.41, 5.74) is 1.57. The number of piperidine rings is 1. The van der Waals surface area contributed by atoms with E-state index < -0.39 is 0 Å². The van der Waals surface area contributed by atoms with Crippen molar-refractivity contribution < 1.29 is 23.4 Å². The molecule has 3 aromatic rings. The minimum absolute atomic E-state index is 0.132. The van der Waals surface area contributed by atoms with Gasteiger partial charge in [-0.3, -0.25) is 9.78 Å². The zero-order valence-electron chi connectivity index (χ0n) is 19.9. The van der Waals surface area contributed by atoms with Gasteiger partial charge < -0.3 is 24.8 Å². The maximum atomic E-state index is 12.3. The molecular weight excluding hydrogens is 449 g/mol. The minimum Gasteiger partial charge on any atom is -0.493 e. The van der Waals surface area contributed by atoms with Gasteiger partial charge in [0.1, 0.15) is 11.6 Å². The Hall–Kier alpha value is -3.65. The molecule has 0 saturated carbocycles. The average molecular weight is 482 g/mol. The lowest BCUT2D eigenvalue weighted by Crippen LogP contribution is -2.33. The molecule has 1 saturated heterocycles. The Bertz CT molecular complexity index is 1010. The molecule has 1 aromatic heterocycles. The zero-order chi connectivity index (χ0) is 24.7. The highest BCUT2D eigenvalue weighted by molar-refractivity contribution is 5.47. The predicted molar refractivity (Wildman–Crippen MR) is 132 cm³/mol. The first-order valence-electron chi connectivity index (χ1n) is 11.7. The Labute approximate surface area is 205 Å². The number of carbonyl (C=O) groups excluding carboxylic acids is 1. The molecule has 1 fully saturated rings. The number of pyridine rings is 1. The van der Waals surface area contributed by atoms with E-state index in [0.29, 0.717) is 31.2 Å². The molecular formula is C27H32FN3O4. The van der Waals surface area contributed by atoms with E-state index in [2.05, 4.69) is 15.6 Å². The van der Waals surface area contributed by atoms with Crippen LogP contribution in [0.1, 0.15) is 24.1 Å². The smallest absolute Gasteiger partial charge is 0.231 e. The monoisotopic (exact) mass is 481 g/mol. The second kappa shape index (κ2) is 14.6. The number of fused-ring (bicyclic) bond motifs is 1. The molecule has 5 rings (SSSR count). The van der Waals surface area contributed by atoms with Crippen molar-refractivity contribution in [2.75, 3.05) is 26.5 Å². The third kappa shape index (κ3) is 9.25. The van der Waals surface area contributed by atoms with Gasteiger partial charge >= 0.3 is 0 Å². The van der Waals surface area contributed by atoms with Gasteiger partial charge in [0.25, 0.3) is 0 Å². The van der Waals surface area contributed by atoms with Crippen molar-refractivity contribution in [3.05, 3.63) is 83.9 Å². The second-order valence-corrected chi connectivity index (χ2v) is 8.11. The largest absolute Gasteiger partial charge is 0.493 e. The van der Waals surface area contributed by atoms with E-state index >= 15 is 0 Å². The average Bonchev–Trinajstić information content (AvgIpc) is 3.38. The zero-order valence-corrected chi connectivity index (χ0v) is 19.9. The van der Waals surface area contributed by atoms with Crippen molar-refractivity contribution in [1.82, 2.24) is 15.6 Å². The van der Waals surface area contributed by atoms with Crippen molar-refractivity contribution in [3.8, 4) is 17.2 Å². The van der Waals surface area contributed by atoms with Gasteiger partial charge in [-0.15, -0.1) is 0 Å². The molecule has 8 heteroatoms. The molecule has 0 radical (unpaired) electrons. The lowest BCUT2D eigenvalue weighted by atomic mass is 10.0. The third-order valence-electron chi connectivity index (χ3n) is 5.40. The lowest BCUT2D eigenvalue weighted by Gasteiger charge is -2.22. The van der Waals surface area contributed by atoms with Crippen molar-refractivity contribution in [3.63, 3.8) is 0 Å². The molecule has 2 aliphatic rings. The van der Waals surface area contributed by atoms with Crippen LogP contribution in [0.3, 0.4) is 0 Å². The molecule has 186 valence electrons. The summed E-state index contributed by atoms with van der Waals surface area (Å²) in [4.78, 5) is 13.8. The fourth-order valence-corrected chi connectivity index (χ4v) is 3.45. The Kier molecular flexibility index (Phi) is 10.8. The molecule has 1 unspecified atom stereocenters. The number of aromatic nitrogens is 1. The number of aryl methyl sites for hydroxylation is 1. The number of ether oxygens (including phenoxy) is 3. The number of nitrogens with one attached hydrogen (secondary N) is 2. The van der Waals surface area contributed by atoms with Gasteiger partial charge in [0.15, 0.2) is 11.5 Å². The summed E-state index contributed by atoms with van der Waals surface area (Å²) in [7, 11) is 0.